The van der Waals surface area contributed by atoms with Gasteiger partial charge in [-0.25, -0.2) is 0 Å². The number of halogens is 1. The fourth-order valence-corrected chi connectivity index (χ4v) is 1.18. The summed E-state index contributed by atoms with van der Waals surface area (Å²) in [6.45, 7) is 2.61. The maximum Gasteiger partial charge on any atom is 0.119 e. The number of ether oxygens (including phenoxy) is 1. The molecule has 0 atom stereocenters. The van der Waals surface area contributed by atoms with E-state index in [4.69, 9.17) is 11.2 Å². The Bertz CT molecular complexity index is 325. The largest absolute Gasteiger partial charge is 0.493 e. The van der Waals surface area contributed by atoms with Crippen LogP contribution in [0.5, 0.6) is 5.75 Å². The van der Waals surface area contributed by atoms with Crippen LogP contribution >= 0.6 is 15.9 Å². The third kappa shape index (κ3) is 3.12. The fraction of sp³-hybridized carbons (Fsp3) is 0.273. The van der Waals surface area contributed by atoms with Crippen molar-refractivity contribution >= 4 is 15.9 Å². The third-order valence-electron chi connectivity index (χ3n) is 1.64. The molecule has 0 fully saturated rings. The zero-order valence-electron chi connectivity index (χ0n) is 7.51. The number of rotatable bonds is 3. The minimum absolute atomic E-state index is 0.581. The van der Waals surface area contributed by atoms with Crippen LogP contribution in [-0.4, -0.2) is 6.61 Å². The van der Waals surface area contributed by atoms with Crippen LogP contribution in [0.3, 0.4) is 0 Å². The molecule has 0 unspecified atom stereocenters. The highest BCUT2D eigenvalue weighted by Gasteiger charge is 1.96. The maximum atomic E-state index is 5.42. The first-order valence-corrected chi connectivity index (χ1v) is 4.86. The van der Waals surface area contributed by atoms with Crippen molar-refractivity contribution in [1.82, 2.24) is 0 Å². The van der Waals surface area contributed by atoms with Crippen molar-refractivity contribution in [3.63, 3.8) is 0 Å². The van der Waals surface area contributed by atoms with Crippen LogP contribution in [0, 0.1) is 19.3 Å². The molecule has 13 heavy (non-hydrogen) atoms. The van der Waals surface area contributed by atoms with Gasteiger partial charge in [0.1, 0.15) is 5.75 Å². The van der Waals surface area contributed by atoms with Crippen LogP contribution in [0.1, 0.15) is 12.0 Å². The molecule has 0 amide bonds. The van der Waals surface area contributed by atoms with E-state index in [9.17, 15) is 0 Å². The van der Waals surface area contributed by atoms with Gasteiger partial charge in [0.25, 0.3) is 0 Å². The molecule has 0 bridgehead atoms. The predicted molar refractivity (Wildman–Crippen MR) is 57.8 cm³/mol. The van der Waals surface area contributed by atoms with Gasteiger partial charge in [-0.3, -0.25) is 0 Å². The first-order chi connectivity index (χ1) is 6.24. The minimum atomic E-state index is 0.581. The monoisotopic (exact) mass is 238 g/mol. The van der Waals surface area contributed by atoms with Gasteiger partial charge in [-0.15, -0.1) is 12.3 Å². The lowest BCUT2D eigenvalue weighted by Gasteiger charge is -2.05. The summed E-state index contributed by atoms with van der Waals surface area (Å²) in [5, 5.41) is 0. The molecule has 0 saturated carbocycles. The number of hydrogen-bond acceptors (Lipinski definition) is 1. The summed E-state index contributed by atoms with van der Waals surface area (Å²) in [4.78, 5) is 0. The molecule has 1 rings (SSSR count). The lowest BCUT2D eigenvalue weighted by molar-refractivity contribution is 0.327. The Morgan fingerprint density at radius 3 is 2.92 bits per heavy atom. The summed E-state index contributed by atoms with van der Waals surface area (Å²) in [5.74, 6) is 3.40. The second kappa shape index (κ2) is 4.94. The number of aryl methyl sites for hydroxylation is 1. The van der Waals surface area contributed by atoms with Gasteiger partial charge in [-0.05, 0) is 30.7 Å². The van der Waals surface area contributed by atoms with Crippen molar-refractivity contribution in [3.05, 3.63) is 28.2 Å². The summed E-state index contributed by atoms with van der Waals surface area (Å²) in [6.07, 6.45) is 5.76. The molecule has 0 saturated heterocycles. The fourth-order valence-electron chi connectivity index (χ4n) is 0.935. The standard InChI is InChI=1S/C11H11BrO/c1-3-4-7-13-10-5-6-11(12)9(2)8-10/h1,5-6,8H,4,7H2,2H3. The van der Waals surface area contributed by atoms with Gasteiger partial charge >= 0.3 is 0 Å². The summed E-state index contributed by atoms with van der Waals surface area (Å²) >= 11 is 3.42. The van der Waals surface area contributed by atoms with E-state index in [2.05, 4.69) is 21.9 Å². The Hall–Kier alpha value is -0.940. The smallest absolute Gasteiger partial charge is 0.119 e. The number of hydrogen-bond donors (Lipinski definition) is 0. The van der Waals surface area contributed by atoms with Gasteiger partial charge in [0, 0.05) is 10.9 Å². The highest BCUT2D eigenvalue weighted by atomic mass is 79.9. The Morgan fingerprint density at radius 1 is 1.54 bits per heavy atom. The highest BCUT2D eigenvalue weighted by Crippen LogP contribution is 2.21. The average molecular weight is 239 g/mol. The molecule has 0 radical (unpaired) electrons. The van der Waals surface area contributed by atoms with E-state index in [-0.39, 0.29) is 0 Å². The van der Waals surface area contributed by atoms with Crippen LogP contribution in [-0.2, 0) is 0 Å². The number of terminal acetylenes is 1. The maximum absolute atomic E-state index is 5.42. The minimum Gasteiger partial charge on any atom is -0.493 e. The molecule has 0 aromatic heterocycles. The highest BCUT2D eigenvalue weighted by molar-refractivity contribution is 9.10. The van der Waals surface area contributed by atoms with Crippen molar-refractivity contribution < 1.29 is 4.74 Å². The first-order valence-electron chi connectivity index (χ1n) is 4.06. The van der Waals surface area contributed by atoms with Crippen LogP contribution < -0.4 is 4.74 Å². The zero-order chi connectivity index (χ0) is 9.68. The average Bonchev–Trinajstić information content (AvgIpc) is 2.12. The van der Waals surface area contributed by atoms with E-state index in [1.165, 1.54) is 5.56 Å². The van der Waals surface area contributed by atoms with Crippen molar-refractivity contribution in [2.24, 2.45) is 0 Å². The second-order valence-electron chi connectivity index (χ2n) is 2.71. The molecule has 1 nitrogen and oxygen atoms in total. The summed E-state index contributed by atoms with van der Waals surface area (Å²) < 4.78 is 6.51. The molecule has 0 spiro atoms. The Morgan fingerprint density at radius 2 is 2.31 bits per heavy atom. The third-order valence-corrected chi connectivity index (χ3v) is 2.53. The molecule has 0 heterocycles. The summed E-state index contributed by atoms with van der Waals surface area (Å²) in [7, 11) is 0. The van der Waals surface area contributed by atoms with E-state index in [0.717, 1.165) is 10.2 Å². The molecule has 0 N–H and O–H groups in total. The predicted octanol–water partition coefficient (Wildman–Crippen LogP) is 3.16. The van der Waals surface area contributed by atoms with Gasteiger partial charge in [-0.1, -0.05) is 15.9 Å². The van der Waals surface area contributed by atoms with Crippen LogP contribution in [0.15, 0.2) is 22.7 Å². The molecule has 2 heteroatoms. The van der Waals surface area contributed by atoms with Crippen LogP contribution in [0.2, 0.25) is 0 Å². The molecule has 0 aliphatic carbocycles. The molecular formula is C11H11BrO. The van der Waals surface area contributed by atoms with Crippen molar-refractivity contribution in [2.45, 2.75) is 13.3 Å². The summed E-state index contributed by atoms with van der Waals surface area (Å²) in [6, 6.07) is 5.88. The Balaban J connectivity index is 2.59. The SMILES string of the molecule is C#CCCOc1ccc(Br)c(C)c1. The topological polar surface area (TPSA) is 9.23 Å². The van der Waals surface area contributed by atoms with Crippen molar-refractivity contribution in [3.8, 4) is 18.1 Å². The lowest BCUT2D eigenvalue weighted by atomic mass is 10.2. The van der Waals surface area contributed by atoms with Crippen molar-refractivity contribution in [2.75, 3.05) is 6.61 Å². The van der Waals surface area contributed by atoms with Crippen LogP contribution in [0.4, 0.5) is 0 Å². The van der Waals surface area contributed by atoms with Gasteiger partial charge in [-0.2, -0.15) is 0 Å². The van der Waals surface area contributed by atoms with E-state index in [0.29, 0.717) is 13.0 Å². The Kier molecular flexibility index (Phi) is 3.85. The van der Waals surface area contributed by atoms with E-state index in [1.807, 2.05) is 25.1 Å². The van der Waals surface area contributed by atoms with E-state index < -0.39 is 0 Å². The van der Waals surface area contributed by atoms with Crippen molar-refractivity contribution in [1.29, 1.82) is 0 Å². The summed E-state index contributed by atoms with van der Waals surface area (Å²) in [5.41, 5.74) is 1.17. The first kappa shape index (κ1) is 10.1. The Labute approximate surface area is 87.2 Å². The van der Waals surface area contributed by atoms with Gasteiger partial charge < -0.3 is 4.74 Å². The quantitative estimate of drug-likeness (QED) is 0.581. The van der Waals surface area contributed by atoms with Gasteiger partial charge in [0.2, 0.25) is 0 Å². The van der Waals surface area contributed by atoms with E-state index >= 15 is 0 Å². The van der Waals surface area contributed by atoms with Gasteiger partial charge in [0.05, 0.1) is 6.61 Å². The zero-order valence-corrected chi connectivity index (χ0v) is 9.10. The molecular weight excluding hydrogens is 228 g/mol. The van der Waals surface area contributed by atoms with Crippen LogP contribution in [0.25, 0.3) is 0 Å². The molecule has 0 aliphatic heterocycles. The number of benzene rings is 1. The molecule has 68 valence electrons. The molecule has 1 aromatic carbocycles. The van der Waals surface area contributed by atoms with Gasteiger partial charge in [0.15, 0.2) is 0 Å². The molecule has 1 aromatic rings. The molecule has 0 aliphatic rings. The lowest BCUT2D eigenvalue weighted by Crippen LogP contribution is -1.95. The van der Waals surface area contributed by atoms with E-state index in [1.54, 1.807) is 0 Å². The normalized spacial score (nSPS) is 9.31. The second-order valence-corrected chi connectivity index (χ2v) is 3.57.